The number of pyridine rings is 1. The maximum atomic E-state index is 12.8. The van der Waals surface area contributed by atoms with Crippen LogP contribution in [0.15, 0.2) is 23.0 Å². The number of hydrogen-bond acceptors (Lipinski definition) is 7. The van der Waals surface area contributed by atoms with E-state index < -0.39 is 12.1 Å². The molecule has 1 atom stereocenters. The van der Waals surface area contributed by atoms with Crippen LogP contribution in [0.1, 0.15) is 29.8 Å². The second-order valence-corrected chi connectivity index (χ2v) is 7.52. The van der Waals surface area contributed by atoms with Gasteiger partial charge in [0.1, 0.15) is 4.83 Å². The first-order valence-corrected chi connectivity index (χ1v) is 9.69. The standard InChI is InChI=1S/C20H23N3O5S/c1-10-7-11(2)21-18-16(10)19(24)23(29-18)20(25)22-12(3)13-8-14(26-4)17(28-6)15(9-13)27-5/h7-9,12H,1-6H3,(H,22,25). The molecule has 0 aliphatic rings. The molecule has 8 nitrogen and oxygen atoms in total. The van der Waals surface area contributed by atoms with E-state index in [0.717, 1.165) is 32.3 Å². The summed E-state index contributed by atoms with van der Waals surface area (Å²) < 4.78 is 17.1. The SMILES string of the molecule is COc1cc(C(C)NC(=O)n2sc3nc(C)cc(C)c3c2=O)cc(OC)c1OC. The second kappa shape index (κ2) is 8.12. The lowest BCUT2D eigenvalue weighted by Gasteiger charge is -2.18. The molecule has 3 aromatic rings. The number of benzene rings is 1. The van der Waals surface area contributed by atoms with Crippen LogP contribution in [0, 0.1) is 13.8 Å². The van der Waals surface area contributed by atoms with E-state index in [1.165, 1.54) is 21.3 Å². The zero-order valence-electron chi connectivity index (χ0n) is 17.2. The van der Waals surface area contributed by atoms with Crippen molar-refractivity contribution in [2.45, 2.75) is 26.8 Å². The predicted molar refractivity (Wildman–Crippen MR) is 112 cm³/mol. The van der Waals surface area contributed by atoms with Crippen LogP contribution < -0.4 is 25.1 Å². The van der Waals surface area contributed by atoms with Crippen LogP contribution in [0.25, 0.3) is 10.2 Å². The maximum absolute atomic E-state index is 12.8. The molecular weight excluding hydrogens is 394 g/mol. The molecule has 1 N–H and O–H groups in total. The molecule has 0 fully saturated rings. The topological polar surface area (TPSA) is 91.7 Å². The molecule has 0 aliphatic carbocycles. The first kappa shape index (κ1) is 20.7. The summed E-state index contributed by atoms with van der Waals surface area (Å²) >= 11 is 1.03. The number of aryl methyl sites for hydroxylation is 2. The molecule has 0 radical (unpaired) electrons. The van der Waals surface area contributed by atoms with Gasteiger partial charge < -0.3 is 19.5 Å². The predicted octanol–water partition coefficient (Wildman–Crippen LogP) is 3.42. The van der Waals surface area contributed by atoms with Crippen molar-refractivity contribution in [3.8, 4) is 17.2 Å². The molecule has 0 bridgehead atoms. The number of aromatic nitrogens is 2. The summed E-state index contributed by atoms with van der Waals surface area (Å²) in [4.78, 5) is 30.4. The third kappa shape index (κ3) is 3.77. The van der Waals surface area contributed by atoms with Gasteiger partial charge in [0, 0.05) is 5.69 Å². The number of fused-ring (bicyclic) bond motifs is 1. The van der Waals surface area contributed by atoms with Crippen molar-refractivity contribution in [1.29, 1.82) is 0 Å². The Hall–Kier alpha value is -3.07. The van der Waals surface area contributed by atoms with Crippen molar-refractivity contribution >= 4 is 27.8 Å². The molecule has 3 rings (SSSR count). The van der Waals surface area contributed by atoms with Crippen LogP contribution >= 0.6 is 11.5 Å². The quantitative estimate of drug-likeness (QED) is 0.684. The van der Waals surface area contributed by atoms with E-state index in [-0.39, 0.29) is 5.56 Å². The highest BCUT2D eigenvalue weighted by atomic mass is 32.1. The van der Waals surface area contributed by atoms with Gasteiger partial charge in [-0.15, -0.1) is 0 Å². The number of methoxy groups -OCH3 is 3. The van der Waals surface area contributed by atoms with E-state index in [9.17, 15) is 9.59 Å². The molecule has 0 spiro atoms. The minimum Gasteiger partial charge on any atom is -0.493 e. The molecule has 29 heavy (non-hydrogen) atoms. The van der Waals surface area contributed by atoms with Crippen molar-refractivity contribution < 1.29 is 19.0 Å². The summed E-state index contributed by atoms with van der Waals surface area (Å²) in [6, 6.07) is 4.42. The molecular formula is C20H23N3O5S. The lowest BCUT2D eigenvalue weighted by molar-refractivity contribution is 0.241. The number of carbonyl (C=O) groups excluding carboxylic acids is 1. The average Bonchev–Trinajstić information content (AvgIpc) is 3.03. The largest absolute Gasteiger partial charge is 0.493 e. The average molecular weight is 417 g/mol. The third-order valence-corrected chi connectivity index (χ3v) is 5.58. The highest BCUT2D eigenvalue weighted by molar-refractivity contribution is 7.14. The van der Waals surface area contributed by atoms with Gasteiger partial charge in [-0.2, -0.15) is 3.96 Å². The second-order valence-electron chi connectivity index (χ2n) is 6.58. The molecule has 0 saturated carbocycles. The van der Waals surface area contributed by atoms with Gasteiger partial charge in [0.2, 0.25) is 5.75 Å². The van der Waals surface area contributed by atoms with Gasteiger partial charge in [0.05, 0.1) is 32.8 Å². The molecule has 1 amide bonds. The van der Waals surface area contributed by atoms with Gasteiger partial charge >= 0.3 is 6.03 Å². The van der Waals surface area contributed by atoms with Crippen LogP contribution in [0.2, 0.25) is 0 Å². The molecule has 1 unspecified atom stereocenters. The van der Waals surface area contributed by atoms with Crippen molar-refractivity contribution in [2.75, 3.05) is 21.3 Å². The molecule has 2 aromatic heterocycles. The molecule has 0 saturated heterocycles. The van der Waals surface area contributed by atoms with E-state index in [0.29, 0.717) is 27.5 Å². The normalized spacial score (nSPS) is 11.9. The third-order valence-electron chi connectivity index (χ3n) is 4.60. The van der Waals surface area contributed by atoms with Crippen molar-refractivity contribution in [2.24, 2.45) is 0 Å². The molecule has 2 heterocycles. The number of nitrogens with one attached hydrogen (secondary N) is 1. The summed E-state index contributed by atoms with van der Waals surface area (Å²) in [5.74, 6) is 1.43. The molecule has 1 aromatic carbocycles. The van der Waals surface area contributed by atoms with Crippen LogP contribution in [0.3, 0.4) is 0 Å². The summed E-state index contributed by atoms with van der Waals surface area (Å²) in [6.45, 7) is 5.50. The first-order chi connectivity index (χ1) is 13.8. The summed E-state index contributed by atoms with van der Waals surface area (Å²) in [6.07, 6.45) is 0. The van der Waals surface area contributed by atoms with Crippen molar-refractivity contribution in [3.63, 3.8) is 0 Å². The molecule has 154 valence electrons. The summed E-state index contributed by atoms with van der Waals surface area (Å²) in [5.41, 5.74) is 1.98. The zero-order chi connectivity index (χ0) is 21.3. The van der Waals surface area contributed by atoms with E-state index in [1.54, 1.807) is 12.1 Å². The van der Waals surface area contributed by atoms with Crippen molar-refractivity contribution in [1.82, 2.24) is 14.3 Å². The van der Waals surface area contributed by atoms with Gasteiger partial charge in [-0.05, 0) is 61.6 Å². The van der Waals surface area contributed by atoms with Gasteiger partial charge in [0.25, 0.3) is 5.56 Å². The fourth-order valence-electron chi connectivity index (χ4n) is 3.17. The van der Waals surface area contributed by atoms with Crippen LogP contribution in [0.4, 0.5) is 4.79 Å². The van der Waals surface area contributed by atoms with Crippen LogP contribution in [0.5, 0.6) is 17.2 Å². The molecule has 9 heteroatoms. The minimum absolute atomic E-state index is 0.371. The lowest BCUT2D eigenvalue weighted by Crippen LogP contribution is -2.34. The van der Waals surface area contributed by atoms with E-state index >= 15 is 0 Å². The highest BCUT2D eigenvalue weighted by Crippen LogP contribution is 2.39. The number of rotatable bonds is 5. The molecule has 0 aliphatic heterocycles. The van der Waals surface area contributed by atoms with Crippen molar-refractivity contribution in [3.05, 3.63) is 45.4 Å². The van der Waals surface area contributed by atoms with E-state index in [4.69, 9.17) is 14.2 Å². The Balaban J connectivity index is 1.94. The van der Waals surface area contributed by atoms with Gasteiger partial charge in [-0.3, -0.25) is 4.79 Å². The van der Waals surface area contributed by atoms with E-state index in [1.807, 2.05) is 26.8 Å². The Morgan fingerprint density at radius 3 is 2.28 bits per heavy atom. The fraction of sp³-hybridized carbons (Fsp3) is 0.350. The Bertz CT molecular complexity index is 1110. The lowest BCUT2D eigenvalue weighted by atomic mass is 10.1. The number of nitrogens with zero attached hydrogens (tertiary/aromatic N) is 2. The number of carbonyl (C=O) groups is 1. The first-order valence-electron chi connectivity index (χ1n) is 8.91. The van der Waals surface area contributed by atoms with E-state index in [2.05, 4.69) is 10.3 Å². The maximum Gasteiger partial charge on any atom is 0.338 e. The highest BCUT2D eigenvalue weighted by Gasteiger charge is 2.21. The minimum atomic E-state index is -0.517. The smallest absolute Gasteiger partial charge is 0.338 e. The summed E-state index contributed by atoms with van der Waals surface area (Å²) in [7, 11) is 4.58. The summed E-state index contributed by atoms with van der Waals surface area (Å²) in [5, 5.41) is 3.31. The van der Waals surface area contributed by atoms with Crippen LogP contribution in [-0.2, 0) is 0 Å². The number of amides is 1. The Kier molecular flexibility index (Phi) is 5.78. The Morgan fingerprint density at radius 1 is 1.10 bits per heavy atom. The van der Waals surface area contributed by atoms with Gasteiger partial charge in [-0.25, -0.2) is 9.78 Å². The number of hydrogen-bond donors (Lipinski definition) is 1. The van der Waals surface area contributed by atoms with Crippen LogP contribution in [-0.4, -0.2) is 36.3 Å². The van der Waals surface area contributed by atoms with Gasteiger partial charge in [0.15, 0.2) is 11.5 Å². The Labute approximate surface area is 172 Å². The number of ether oxygens (including phenoxy) is 3. The monoisotopic (exact) mass is 417 g/mol. The fourth-order valence-corrected chi connectivity index (χ4v) is 4.18. The zero-order valence-corrected chi connectivity index (χ0v) is 18.0. The van der Waals surface area contributed by atoms with Gasteiger partial charge in [-0.1, -0.05) is 0 Å². The Morgan fingerprint density at radius 2 is 1.72 bits per heavy atom.